The number of ether oxygens (including phenoxy) is 1. The second-order valence-corrected chi connectivity index (χ2v) is 6.71. The minimum Gasteiger partial charge on any atom is -0.445 e. The van der Waals surface area contributed by atoms with Gasteiger partial charge in [0.05, 0.1) is 11.1 Å². The van der Waals surface area contributed by atoms with Gasteiger partial charge in [-0.1, -0.05) is 36.4 Å². The van der Waals surface area contributed by atoms with E-state index in [0.29, 0.717) is 6.61 Å². The predicted molar refractivity (Wildman–Crippen MR) is 95.9 cm³/mol. The minimum absolute atomic E-state index is 0.0606. The van der Waals surface area contributed by atoms with Gasteiger partial charge in [0.1, 0.15) is 6.61 Å². The van der Waals surface area contributed by atoms with Gasteiger partial charge >= 0.3 is 6.09 Å². The maximum absolute atomic E-state index is 12.6. The van der Waals surface area contributed by atoms with Crippen LogP contribution < -0.4 is 0 Å². The van der Waals surface area contributed by atoms with Gasteiger partial charge in [-0.15, -0.1) is 11.8 Å². The summed E-state index contributed by atoms with van der Waals surface area (Å²) in [5.74, 6) is 0. The quantitative estimate of drug-likeness (QED) is 0.758. The topological polar surface area (TPSA) is 42.4 Å². The number of pyridine rings is 1. The van der Waals surface area contributed by atoms with Gasteiger partial charge in [0.15, 0.2) is 0 Å². The predicted octanol–water partition coefficient (Wildman–Crippen LogP) is 4.67. The number of thioether (sulfide) groups is 1. The first-order chi connectivity index (χ1) is 11.8. The van der Waals surface area contributed by atoms with Crippen LogP contribution in [0.2, 0.25) is 0 Å². The van der Waals surface area contributed by atoms with E-state index in [9.17, 15) is 4.79 Å². The summed E-state index contributed by atoms with van der Waals surface area (Å²) in [6, 6.07) is 13.9. The maximum Gasteiger partial charge on any atom is 0.410 e. The second-order valence-electron chi connectivity index (χ2n) is 5.88. The van der Waals surface area contributed by atoms with Crippen molar-refractivity contribution in [3.05, 3.63) is 59.8 Å². The molecule has 1 atom stereocenters. The fraction of sp³-hybridized carbons (Fsp3) is 0.368. The molecule has 0 aliphatic carbocycles. The fourth-order valence-corrected chi connectivity index (χ4v) is 3.37. The Labute approximate surface area is 147 Å². The van der Waals surface area contributed by atoms with E-state index in [1.165, 1.54) is 0 Å². The molecular formula is C19H22N2O2S. The van der Waals surface area contributed by atoms with Crippen LogP contribution in [0.4, 0.5) is 4.79 Å². The van der Waals surface area contributed by atoms with Crippen molar-refractivity contribution in [2.75, 3.05) is 12.8 Å². The first-order valence-corrected chi connectivity index (χ1v) is 9.47. The third kappa shape index (κ3) is 4.09. The lowest BCUT2D eigenvalue weighted by molar-refractivity contribution is 0.0678. The van der Waals surface area contributed by atoms with Gasteiger partial charge in [-0.2, -0.15) is 0 Å². The summed E-state index contributed by atoms with van der Waals surface area (Å²) in [4.78, 5) is 18.9. The van der Waals surface area contributed by atoms with Gasteiger partial charge in [0.25, 0.3) is 0 Å². The molecule has 126 valence electrons. The highest BCUT2D eigenvalue weighted by Gasteiger charge is 2.29. The van der Waals surface area contributed by atoms with E-state index >= 15 is 0 Å². The van der Waals surface area contributed by atoms with Crippen molar-refractivity contribution in [1.82, 2.24) is 9.88 Å². The Balaban J connectivity index is 1.67. The van der Waals surface area contributed by atoms with E-state index in [-0.39, 0.29) is 12.1 Å². The molecule has 2 heterocycles. The van der Waals surface area contributed by atoms with Crippen LogP contribution in [0.5, 0.6) is 0 Å². The Hall–Kier alpha value is -2.01. The summed E-state index contributed by atoms with van der Waals surface area (Å²) >= 11 is 1.62. The average molecular weight is 342 g/mol. The Morgan fingerprint density at radius 1 is 1.25 bits per heavy atom. The molecule has 4 nitrogen and oxygen atoms in total. The second kappa shape index (κ2) is 8.20. The smallest absolute Gasteiger partial charge is 0.410 e. The number of aromatic nitrogens is 1. The number of carbonyl (C=O) groups is 1. The molecule has 0 saturated carbocycles. The molecule has 1 aromatic heterocycles. The van der Waals surface area contributed by atoms with Crippen molar-refractivity contribution in [1.29, 1.82) is 0 Å². The third-order valence-corrected chi connectivity index (χ3v) is 4.96. The summed E-state index contributed by atoms with van der Waals surface area (Å²) in [5.41, 5.74) is 2.09. The van der Waals surface area contributed by atoms with Crippen molar-refractivity contribution in [3.8, 4) is 0 Å². The standard InChI is InChI=1S/C19H22N2O2S/c1-24-18-11-10-16(13-20-18)17-9-5-6-12-21(17)19(22)23-14-15-7-3-2-4-8-15/h2-4,7-8,10-11,13,17H,5-6,9,12,14H2,1H3. The number of rotatable bonds is 4. The Kier molecular flexibility index (Phi) is 5.75. The Bertz CT molecular complexity index is 661. The maximum atomic E-state index is 12.6. The highest BCUT2D eigenvalue weighted by molar-refractivity contribution is 7.98. The van der Waals surface area contributed by atoms with Crippen LogP contribution in [0, 0.1) is 0 Å². The lowest BCUT2D eigenvalue weighted by Gasteiger charge is -2.35. The van der Waals surface area contributed by atoms with Gasteiger partial charge in [-0.3, -0.25) is 0 Å². The largest absolute Gasteiger partial charge is 0.445 e. The molecular weight excluding hydrogens is 320 g/mol. The lowest BCUT2D eigenvalue weighted by Crippen LogP contribution is -2.38. The number of piperidine rings is 1. The molecule has 1 aliphatic rings. The number of carbonyl (C=O) groups excluding carboxylic acids is 1. The van der Waals surface area contributed by atoms with Gasteiger partial charge in [0, 0.05) is 12.7 Å². The molecule has 1 aliphatic heterocycles. The summed E-state index contributed by atoms with van der Waals surface area (Å²) in [7, 11) is 0. The van der Waals surface area contributed by atoms with E-state index in [1.807, 2.05) is 53.8 Å². The molecule has 2 aromatic rings. The van der Waals surface area contributed by atoms with E-state index in [4.69, 9.17) is 4.74 Å². The highest BCUT2D eigenvalue weighted by Crippen LogP contribution is 2.31. The van der Waals surface area contributed by atoms with E-state index in [0.717, 1.165) is 42.0 Å². The van der Waals surface area contributed by atoms with Gasteiger partial charge in [0.2, 0.25) is 0 Å². The Morgan fingerprint density at radius 3 is 2.79 bits per heavy atom. The normalized spacial score (nSPS) is 17.5. The molecule has 1 aromatic carbocycles. The monoisotopic (exact) mass is 342 g/mol. The molecule has 0 radical (unpaired) electrons. The highest BCUT2D eigenvalue weighted by atomic mass is 32.2. The third-order valence-electron chi connectivity index (χ3n) is 4.30. The van der Waals surface area contributed by atoms with E-state index in [1.54, 1.807) is 11.8 Å². The number of amides is 1. The molecule has 24 heavy (non-hydrogen) atoms. The molecule has 0 spiro atoms. The van der Waals surface area contributed by atoms with E-state index < -0.39 is 0 Å². The van der Waals surface area contributed by atoms with Crippen LogP contribution in [0.1, 0.15) is 36.4 Å². The van der Waals surface area contributed by atoms with Crippen molar-refractivity contribution in [3.63, 3.8) is 0 Å². The summed E-state index contributed by atoms with van der Waals surface area (Å²) in [5, 5.41) is 0.993. The van der Waals surface area contributed by atoms with Crippen molar-refractivity contribution in [2.24, 2.45) is 0 Å². The molecule has 1 unspecified atom stereocenters. The van der Waals surface area contributed by atoms with Crippen LogP contribution in [-0.4, -0.2) is 28.8 Å². The van der Waals surface area contributed by atoms with Crippen molar-refractivity contribution >= 4 is 17.9 Å². The van der Waals surface area contributed by atoms with E-state index in [2.05, 4.69) is 11.1 Å². The number of hydrogen-bond donors (Lipinski definition) is 0. The van der Waals surface area contributed by atoms with Crippen molar-refractivity contribution < 1.29 is 9.53 Å². The summed E-state index contributed by atoms with van der Waals surface area (Å²) < 4.78 is 5.53. The zero-order valence-corrected chi connectivity index (χ0v) is 14.7. The first-order valence-electron chi connectivity index (χ1n) is 8.25. The number of hydrogen-bond acceptors (Lipinski definition) is 4. The molecule has 5 heteroatoms. The van der Waals surface area contributed by atoms with Crippen LogP contribution in [0.15, 0.2) is 53.7 Å². The number of nitrogens with zero attached hydrogens (tertiary/aromatic N) is 2. The summed E-state index contributed by atoms with van der Waals surface area (Å²) in [6.07, 6.45) is 6.76. The van der Waals surface area contributed by atoms with Crippen molar-refractivity contribution in [2.45, 2.75) is 36.9 Å². The molecule has 0 bridgehead atoms. The summed E-state index contributed by atoms with van der Waals surface area (Å²) in [6.45, 7) is 1.05. The molecule has 1 amide bonds. The minimum atomic E-state index is -0.238. The molecule has 1 fully saturated rings. The van der Waals surface area contributed by atoms with Gasteiger partial charge < -0.3 is 9.64 Å². The van der Waals surface area contributed by atoms with Crippen LogP contribution in [0.25, 0.3) is 0 Å². The number of likely N-dealkylation sites (tertiary alicyclic amines) is 1. The SMILES string of the molecule is CSc1ccc(C2CCCCN2C(=O)OCc2ccccc2)cn1. The zero-order chi connectivity index (χ0) is 16.8. The van der Waals surface area contributed by atoms with Gasteiger partial charge in [-0.25, -0.2) is 9.78 Å². The number of benzene rings is 1. The van der Waals surface area contributed by atoms with Gasteiger partial charge in [-0.05, 0) is 42.7 Å². The first kappa shape index (κ1) is 16.8. The fourth-order valence-electron chi connectivity index (χ4n) is 3.01. The van der Waals surface area contributed by atoms with Crippen LogP contribution >= 0.6 is 11.8 Å². The van der Waals surface area contributed by atoms with Crippen LogP contribution in [0.3, 0.4) is 0 Å². The molecule has 3 rings (SSSR count). The molecule has 1 saturated heterocycles. The lowest BCUT2D eigenvalue weighted by atomic mass is 9.97. The zero-order valence-electron chi connectivity index (χ0n) is 13.9. The van der Waals surface area contributed by atoms with Crippen LogP contribution in [-0.2, 0) is 11.3 Å². The molecule has 0 N–H and O–H groups in total. The Morgan fingerprint density at radius 2 is 2.08 bits per heavy atom. The average Bonchev–Trinajstić information content (AvgIpc) is 2.67.